The highest BCUT2D eigenvalue weighted by atomic mass is 35.5. The topological polar surface area (TPSA) is 137 Å². The molecule has 3 N–H and O–H groups in total. The van der Waals surface area contributed by atoms with E-state index in [2.05, 4.69) is 0 Å². The zero-order chi connectivity index (χ0) is 22.4. The monoisotopic (exact) mass is 446 g/mol. The smallest absolute Gasteiger partial charge is 0.270 e. The number of hydrogen-bond acceptors (Lipinski definition) is 8. The van der Waals surface area contributed by atoms with Crippen molar-refractivity contribution in [1.82, 2.24) is 4.90 Å². The van der Waals surface area contributed by atoms with Gasteiger partial charge in [-0.05, 0) is 26.1 Å². The number of aliphatic hydroxyl groups excluding tert-OH is 1. The van der Waals surface area contributed by atoms with Crippen LogP contribution in [-0.2, 0) is 0 Å². The summed E-state index contributed by atoms with van der Waals surface area (Å²) in [7, 11) is 1.85. The van der Waals surface area contributed by atoms with Gasteiger partial charge in [0.1, 0.15) is 28.2 Å². The highest BCUT2D eigenvalue weighted by molar-refractivity contribution is 6.33. The molecular weight excluding hydrogens is 428 g/mol. The van der Waals surface area contributed by atoms with E-state index < -0.39 is 16.1 Å². The van der Waals surface area contributed by atoms with Crippen molar-refractivity contribution in [3.63, 3.8) is 0 Å². The van der Waals surface area contributed by atoms with Gasteiger partial charge in [0, 0.05) is 47.4 Å². The highest BCUT2D eigenvalue weighted by Crippen LogP contribution is 2.44. The second kappa shape index (κ2) is 7.84. The molecule has 10 heteroatoms. The number of likely N-dealkylation sites (tertiary alicyclic amines) is 1. The van der Waals surface area contributed by atoms with Crippen molar-refractivity contribution in [2.75, 3.05) is 20.2 Å². The highest BCUT2D eigenvalue weighted by Gasteiger charge is 2.36. The molecule has 0 spiro atoms. The van der Waals surface area contributed by atoms with Gasteiger partial charge in [-0.15, -0.1) is 0 Å². The van der Waals surface area contributed by atoms with Gasteiger partial charge in [0.25, 0.3) is 5.69 Å². The van der Waals surface area contributed by atoms with Gasteiger partial charge in [-0.25, -0.2) is 0 Å². The van der Waals surface area contributed by atoms with Crippen LogP contribution in [0.2, 0.25) is 5.02 Å². The van der Waals surface area contributed by atoms with Gasteiger partial charge in [0.05, 0.1) is 16.6 Å². The minimum absolute atomic E-state index is 0.00632. The number of likely N-dealkylation sites (N-methyl/N-ethyl adjacent to an activating group) is 1. The summed E-state index contributed by atoms with van der Waals surface area (Å²) in [5.74, 6) is -0.989. The molecule has 31 heavy (non-hydrogen) atoms. The lowest BCUT2D eigenvalue weighted by Gasteiger charge is -2.24. The fraction of sp³-hybridized carbons (Fsp3) is 0.286. The summed E-state index contributed by atoms with van der Waals surface area (Å²) in [5.41, 5.74) is -0.215. The maximum absolute atomic E-state index is 12.9. The number of benzene rings is 2. The number of phenols is 2. The second-order valence-corrected chi connectivity index (χ2v) is 7.96. The van der Waals surface area contributed by atoms with Crippen LogP contribution in [0.1, 0.15) is 17.9 Å². The standard InChI is InChI=1S/C21H19ClN2O7/c1-23-5-4-12(14(23)9-25)19-15(26)7-16(27)20-17(28)8-18(31-21(19)20)11-3-2-10(24(29)30)6-13(11)22/h2-3,6-8,12,14,25-27H,4-5,9H2,1H3. The molecule has 4 rings (SSSR count). The molecule has 1 aromatic heterocycles. The molecule has 0 radical (unpaired) electrons. The Kier molecular flexibility index (Phi) is 5.34. The second-order valence-electron chi connectivity index (χ2n) is 7.55. The maximum atomic E-state index is 12.9. The van der Waals surface area contributed by atoms with Crippen LogP contribution in [0.5, 0.6) is 11.5 Å². The Balaban J connectivity index is 1.98. The number of aromatic hydroxyl groups is 2. The van der Waals surface area contributed by atoms with E-state index in [1.807, 2.05) is 11.9 Å². The third-order valence-electron chi connectivity index (χ3n) is 5.81. The van der Waals surface area contributed by atoms with Gasteiger partial charge >= 0.3 is 0 Å². The van der Waals surface area contributed by atoms with Crippen molar-refractivity contribution >= 4 is 28.3 Å². The molecule has 1 fully saturated rings. The molecule has 1 aliphatic heterocycles. The Morgan fingerprint density at radius 2 is 2.00 bits per heavy atom. The Labute approximate surface area is 180 Å². The van der Waals surface area contributed by atoms with Crippen molar-refractivity contribution in [3.8, 4) is 22.8 Å². The molecule has 3 aromatic rings. The molecule has 2 unspecified atom stereocenters. The summed E-state index contributed by atoms with van der Waals surface area (Å²) in [6.45, 7) is 0.497. The molecule has 0 amide bonds. The quantitative estimate of drug-likeness (QED) is 0.410. The first-order chi connectivity index (χ1) is 14.7. The Morgan fingerprint density at radius 3 is 2.65 bits per heavy atom. The third kappa shape index (κ3) is 3.50. The van der Waals surface area contributed by atoms with E-state index in [0.717, 1.165) is 18.2 Å². The van der Waals surface area contributed by atoms with E-state index >= 15 is 0 Å². The summed E-state index contributed by atoms with van der Waals surface area (Å²) in [4.78, 5) is 25.2. The summed E-state index contributed by atoms with van der Waals surface area (Å²) >= 11 is 6.20. The largest absolute Gasteiger partial charge is 0.507 e. The van der Waals surface area contributed by atoms with Crippen LogP contribution in [0, 0.1) is 10.1 Å². The van der Waals surface area contributed by atoms with Crippen LogP contribution < -0.4 is 5.43 Å². The number of nitrogens with zero attached hydrogens (tertiary/aromatic N) is 2. The number of aliphatic hydroxyl groups is 1. The van der Waals surface area contributed by atoms with Crippen molar-refractivity contribution in [2.24, 2.45) is 0 Å². The lowest BCUT2D eigenvalue weighted by Crippen LogP contribution is -2.32. The normalized spacial score (nSPS) is 19.2. The SMILES string of the molecule is CN1CCC(c2c(O)cc(O)c3c(=O)cc(-c4ccc([N+](=O)[O-])cc4Cl)oc23)C1CO. The van der Waals surface area contributed by atoms with Crippen molar-refractivity contribution < 1.29 is 24.7 Å². The minimum atomic E-state index is -0.591. The fourth-order valence-electron chi connectivity index (χ4n) is 4.24. The van der Waals surface area contributed by atoms with E-state index in [1.54, 1.807) is 0 Å². The predicted octanol–water partition coefficient (Wildman–Crippen LogP) is 3.21. The Hall–Kier alpha value is -3.14. The number of phenolic OH excluding ortho intramolecular Hbond substituents is 2. The minimum Gasteiger partial charge on any atom is -0.507 e. The molecule has 9 nitrogen and oxygen atoms in total. The molecular formula is C21H19ClN2O7. The van der Waals surface area contributed by atoms with Gasteiger partial charge in [-0.2, -0.15) is 0 Å². The van der Waals surface area contributed by atoms with E-state index in [9.17, 15) is 30.2 Å². The van der Waals surface area contributed by atoms with E-state index in [1.165, 1.54) is 12.1 Å². The molecule has 0 aliphatic carbocycles. The number of rotatable bonds is 4. The molecule has 1 saturated heterocycles. The molecule has 2 heterocycles. The first-order valence-electron chi connectivity index (χ1n) is 9.51. The number of non-ortho nitro benzene ring substituents is 1. The molecule has 2 atom stereocenters. The van der Waals surface area contributed by atoms with Crippen molar-refractivity contribution in [2.45, 2.75) is 18.4 Å². The van der Waals surface area contributed by atoms with E-state index in [-0.39, 0.29) is 57.3 Å². The van der Waals surface area contributed by atoms with Gasteiger partial charge in [-0.3, -0.25) is 14.9 Å². The van der Waals surface area contributed by atoms with Gasteiger partial charge in [0.15, 0.2) is 5.43 Å². The van der Waals surface area contributed by atoms with Gasteiger partial charge in [0.2, 0.25) is 0 Å². The number of nitro groups is 1. The van der Waals surface area contributed by atoms with Crippen LogP contribution >= 0.6 is 11.6 Å². The van der Waals surface area contributed by atoms with Crippen LogP contribution in [0.15, 0.2) is 39.5 Å². The van der Waals surface area contributed by atoms with E-state index in [4.69, 9.17) is 16.0 Å². The van der Waals surface area contributed by atoms with Crippen molar-refractivity contribution in [3.05, 3.63) is 61.3 Å². The molecule has 0 saturated carbocycles. The average molecular weight is 447 g/mol. The van der Waals surface area contributed by atoms with Gasteiger partial charge in [-0.1, -0.05) is 11.6 Å². The summed E-state index contributed by atoms with van der Waals surface area (Å²) in [6.07, 6.45) is 0.599. The summed E-state index contributed by atoms with van der Waals surface area (Å²) in [6, 6.07) is 5.68. The average Bonchev–Trinajstić information content (AvgIpc) is 3.07. The third-order valence-corrected chi connectivity index (χ3v) is 6.12. The molecule has 0 bridgehead atoms. The number of hydrogen-bond donors (Lipinski definition) is 3. The van der Waals surface area contributed by atoms with Crippen LogP contribution in [0.25, 0.3) is 22.3 Å². The predicted molar refractivity (Wildman–Crippen MR) is 114 cm³/mol. The Bertz CT molecular complexity index is 1260. The summed E-state index contributed by atoms with van der Waals surface area (Å²) < 4.78 is 5.97. The first kappa shape index (κ1) is 21.1. The lowest BCUT2D eigenvalue weighted by molar-refractivity contribution is -0.384. The van der Waals surface area contributed by atoms with Crippen LogP contribution in [0.3, 0.4) is 0 Å². The summed E-state index contributed by atoms with van der Waals surface area (Å²) in [5, 5.41) is 41.7. The fourth-order valence-corrected chi connectivity index (χ4v) is 4.51. The van der Waals surface area contributed by atoms with Crippen LogP contribution in [0.4, 0.5) is 5.69 Å². The molecule has 2 aromatic carbocycles. The maximum Gasteiger partial charge on any atom is 0.270 e. The molecule has 162 valence electrons. The molecule has 1 aliphatic rings. The lowest BCUT2D eigenvalue weighted by atomic mass is 9.89. The van der Waals surface area contributed by atoms with Crippen molar-refractivity contribution in [1.29, 1.82) is 0 Å². The number of halogens is 1. The van der Waals surface area contributed by atoms with Gasteiger partial charge < -0.3 is 24.6 Å². The van der Waals surface area contributed by atoms with E-state index in [0.29, 0.717) is 18.5 Å². The number of nitro benzene ring substituents is 1. The number of fused-ring (bicyclic) bond motifs is 1. The Morgan fingerprint density at radius 1 is 1.26 bits per heavy atom. The zero-order valence-electron chi connectivity index (χ0n) is 16.4. The first-order valence-corrected chi connectivity index (χ1v) is 9.88. The zero-order valence-corrected chi connectivity index (χ0v) is 17.2. The van der Waals surface area contributed by atoms with Crippen LogP contribution in [-0.4, -0.2) is 51.4 Å².